The molecular weight excluding hydrogens is 355 g/mol. The van der Waals surface area contributed by atoms with Gasteiger partial charge in [0.05, 0.1) is 4.91 Å². The van der Waals surface area contributed by atoms with Crippen molar-refractivity contribution in [2.24, 2.45) is 0 Å². The summed E-state index contributed by atoms with van der Waals surface area (Å²) in [4.78, 5) is -0.146. The van der Waals surface area contributed by atoms with E-state index in [9.17, 15) is 13.0 Å². The van der Waals surface area contributed by atoms with Crippen LogP contribution in [0.3, 0.4) is 0 Å². The van der Waals surface area contributed by atoms with Crippen molar-refractivity contribution in [1.29, 1.82) is 0 Å². The number of benzene rings is 2. The van der Waals surface area contributed by atoms with Crippen molar-refractivity contribution in [2.75, 3.05) is 0 Å². The fraction of sp³-hybridized carbons (Fsp3) is 0.0476. The Labute approximate surface area is 178 Å². The van der Waals surface area contributed by atoms with Gasteiger partial charge in [0.2, 0.25) is 0 Å². The van der Waals surface area contributed by atoms with Crippen molar-refractivity contribution in [2.45, 2.75) is 6.92 Å². The van der Waals surface area contributed by atoms with E-state index in [4.69, 9.17) is 0 Å². The van der Waals surface area contributed by atoms with Crippen LogP contribution in [0.5, 0.6) is 0 Å². The van der Waals surface area contributed by atoms with E-state index in [2.05, 4.69) is 13.2 Å². The summed E-state index contributed by atoms with van der Waals surface area (Å²) < 4.78 is 32.1. The van der Waals surface area contributed by atoms with E-state index in [-0.39, 0.29) is 34.5 Å². The molecule has 0 saturated carbocycles. The summed E-state index contributed by atoms with van der Waals surface area (Å²) in [5.41, 5.74) is 2.58. The second-order valence-electron chi connectivity index (χ2n) is 5.23. The van der Waals surface area contributed by atoms with Gasteiger partial charge in [-0.05, 0) is 30.2 Å². The minimum atomic E-state index is -4.26. The van der Waals surface area contributed by atoms with Gasteiger partial charge in [-0.25, -0.2) is 0 Å². The molecule has 1 N–H and O–H groups in total. The second-order valence-corrected chi connectivity index (χ2v) is 6.65. The van der Waals surface area contributed by atoms with E-state index in [1.54, 1.807) is 36.4 Å². The first kappa shape index (κ1) is 24.3. The molecule has 5 heteroatoms. The number of rotatable bonds is 5. The van der Waals surface area contributed by atoms with E-state index in [0.29, 0.717) is 5.56 Å². The summed E-state index contributed by atoms with van der Waals surface area (Å²) in [5, 5.41) is 0. The molecule has 0 radical (unpaired) electrons. The Morgan fingerprint density at radius 1 is 0.962 bits per heavy atom. The Balaban J connectivity index is 0.000000923. The van der Waals surface area contributed by atoms with Crippen molar-refractivity contribution in [3.05, 3.63) is 108 Å². The van der Waals surface area contributed by atoms with E-state index in [1.807, 2.05) is 43.3 Å². The molecule has 0 unspecified atom stereocenters. The number of hydrogen-bond donors (Lipinski definition) is 1. The third kappa shape index (κ3) is 10.3. The van der Waals surface area contributed by atoms with Crippen molar-refractivity contribution < 1.29 is 13.0 Å². The van der Waals surface area contributed by atoms with E-state index in [1.165, 1.54) is 12.2 Å². The average Bonchev–Trinajstić information content (AvgIpc) is 2.60. The zero-order chi connectivity index (χ0) is 18.7. The van der Waals surface area contributed by atoms with Gasteiger partial charge in [-0.1, -0.05) is 91.5 Å². The topological polar surface area (TPSA) is 54.4 Å². The van der Waals surface area contributed by atoms with Gasteiger partial charge in [-0.3, -0.25) is 4.55 Å². The van der Waals surface area contributed by atoms with Crippen LogP contribution in [0.2, 0.25) is 0 Å². The van der Waals surface area contributed by atoms with Crippen LogP contribution in [0, 0.1) is 0 Å². The molecule has 2 aromatic carbocycles. The predicted molar refractivity (Wildman–Crippen MR) is 114 cm³/mol. The Morgan fingerprint density at radius 2 is 1.38 bits per heavy atom. The Morgan fingerprint density at radius 3 is 1.77 bits per heavy atom. The quantitative estimate of drug-likeness (QED) is 0.465. The average molecular weight is 378 g/mol. The number of hydrogen-bond acceptors (Lipinski definition) is 2. The third-order valence-corrected chi connectivity index (χ3v) is 3.84. The third-order valence-electron chi connectivity index (χ3n) is 2.99. The fourth-order valence-electron chi connectivity index (χ4n) is 1.66. The van der Waals surface area contributed by atoms with Crippen molar-refractivity contribution in [3.8, 4) is 0 Å². The first-order chi connectivity index (χ1) is 11.8. The van der Waals surface area contributed by atoms with Gasteiger partial charge in [0, 0.05) is 0 Å². The summed E-state index contributed by atoms with van der Waals surface area (Å²) in [6, 6.07) is 18.2. The molecule has 0 atom stereocenters. The van der Waals surface area contributed by atoms with E-state index >= 15 is 0 Å². The molecule has 0 bridgehead atoms. The molecule has 0 fully saturated rings. The maximum absolute atomic E-state index is 11.4. The van der Waals surface area contributed by atoms with E-state index in [0.717, 1.165) is 11.1 Å². The normalized spacial score (nSPS) is 11.1. The summed E-state index contributed by atoms with van der Waals surface area (Å²) in [6.45, 7) is 8.93. The van der Waals surface area contributed by atoms with Gasteiger partial charge in [0.25, 0.3) is 10.1 Å². The Bertz CT molecular complexity index is 853. The summed E-state index contributed by atoms with van der Waals surface area (Å²) in [7, 11) is -4.26. The zero-order valence-corrected chi connectivity index (χ0v) is 15.0. The van der Waals surface area contributed by atoms with Crippen LogP contribution in [0.25, 0.3) is 12.2 Å². The molecule has 0 heterocycles. The van der Waals surface area contributed by atoms with Gasteiger partial charge >= 0.3 is 29.6 Å². The number of allylic oxidation sites excluding steroid dienone is 3. The second kappa shape index (κ2) is 12.6. The summed E-state index contributed by atoms with van der Waals surface area (Å²) >= 11 is 0. The van der Waals surface area contributed by atoms with Gasteiger partial charge in [0.1, 0.15) is 0 Å². The molecule has 0 aliphatic rings. The standard InChI is InChI=1S/C16H14O3S.C5H8.Na.H/c17-20(18,19)16(13-15-9-5-2-6-10-15)12-11-14-7-3-1-4-8-14;1-4-5(2)3;;/h1-13H,(H,17,18,19);4H,1-2H2,3H3;;. The molecule has 132 valence electrons. The Hall–Kier alpha value is -1.69. The Kier molecular flexibility index (Phi) is 11.8. The molecule has 2 aromatic rings. The fourth-order valence-corrected chi connectivity index (χ4v) is 2.19. The molecule has 0 saturated heterocycles. The van der Waals surface area contributed by atoms with Gasteiger partial charge in [0.15, 0.2) is 0 Å². The SMILES string of the molecule is C=CC(=C)C.O=S(=O)(O)C(C=Cc1ccccc1)=Cc1ccccc1.[NaH]. The molecule has 2 rings (SSSR count). The summed E-state index contributed by atoms with van der Waals surface area (Å²) in [6.07, 6.45) is 6.18. The van der Waals surface area contributed by atoms with Crippen molar-refractivity contribution in [1.82, 2.24) is 0 Å². The van der Waals surface area contributed by atoms with Crippen LogP contribution >= 0.6 is 0 Å². The van der Waals surface area contributed by atoms with Crippen LogP contribution in [0.4, 0.5) is 0 Å². The molecule has 0 spiro atoms. The molecule has 0 aliphatic heterocycles. The maximum atomic E-state index is 11.4. The zero-order valence-electron chi connectivity index (χ0n) is 14.2. The molecule has 3 nitrogen and oxygen atoms in total. The summed E-state index contributed by atoms with van der Waals surface area (Å²) in [5.74, 6) is 0. The molecule has 0 amide bonds. The van der Waals surface area contributed by atoms with Crippen LogP contribution in [0.15, 0.2) is 96.5 Å². The first-order valence-corrected chi connectivity index (χ1v) is 9.02. The van der Waals surface area contributed by atoms with Crippen LogP contribution in [-0.2, 0) is 10.1 Å². The first-order valence-electron chi connectivity index (χ1n) is 7.58. The van der Waals surface area contributed by atoms with Crippen molar-refractivity contribution >= 4 is 51.8 Å². The van der Waals surface area contributed by atoms with Gasteiger partial charge in [-0.2, -0.15) is 8.42 Å². The predicted octanol–water partition coefficient (Wildman–Crippen LogP) is 4.73. The van der Waals surface area contributed by atoms with Crippen molar-refractivity contribution in [3.63, 3.8) is 0 Å². The van der Waals surface area contributed by atoms with E-state index < -0.39 is 10.1 Å². The molecule has 0 aliphatic carbocycles. The monoisotopic (exact) mass is 378 g/mol. The molecular formula is C21H23NaO3S. The molecule has 26 heavy (non-hydrogen) atoms. The van der Waals surface area contributed by atoms with Crippen LogP contribution in [-0.4, -0.2) is 42.5 Å². The minimum absolute atomic E-state index is 0. The van der Waals surface area contributed by atoms with Crippen LogP contribution < -0.4 is 0 Å². The van der Waals surface area contributed by atoms with Crippen LogP contribution in [0.1, 0.15) is 18.1 Å². The van der Waals surface area contributed by atoms with Gasteiger partial charge < -0.3 is 0 Å². The van der Waals surface area contributed by atoms with Gasteiger partial charge in [-0.15, -0.1) is 0 Å². The molecule has 0 aromatic heterocycles.